The van der Waals surface area contributed by atoms with E-state index in [1.165, 1.54) is 16.4 Å². The highest BCUT2D eigenvalue weighted by atomic mass is 35.5. The van der Waals surface area contributed by atoms with Gasteiger partial charge in [-0.2, -0.15) is 17.5 Å². The maximum absolute atomic E-state index is 15.2. The lowest BCUT2D eigenvalue weighted by Gasteiger charge is -2.38. The van der Waals surface area contributed by atoms with E-state index < -0.39 is 58.3 Å². The number of fused-ring (bicyclic) bond motifs is 2. The zero-order valence-electron chi connectivity index (χ0n) is 24.7. The molecule has 2 aromatic rings. The summed E-state index contributed by atoms with van der Waals surface area (Å²) in [5.74, 6) is -2.13. The molecule has 45 heavy (non-hydrogen) atoms. The summed E-state index contributed by atoms with van der Waals surface area (Å²) < 4.78 is 87.5. The van der Waals surface area contributed by atoms with Crippen LogP contribution in [0.25, 0.3) is 0 Å². The average molecular weight is 675 g/mol. The number of halogens is 5. The second-order valence-corrected chi connectivity index (χ2v) is 14.8. The van der Waals surface area contributed by atoms with Crippen molar-refractivity contribution in [2.45, 2.75) is 81.3 Å². The van der Waals surface area contributed by atoms with Crippen molar-refractivity contribution in [2.75, 3.05) is 30.8 Å². The van der Waals surface area contributed by atoms with Crippen molar-refractivity contribution < 1.29 is 35.5 Å². The lowest BCUT2D eigenvalue weighted by molar-refractivity contribution is -0.169. The number of nitrogens with zero attached hydrogens (tertiary/aromatic N) is 1. The zero-order chi connectivity index (χ0) is 32.4. The van der Waals surface area contributed by atoms with Crippen molar-refractivity contribution in [3.8, 4) is 0 Å². The van der Waals surface area contributed by atoms with Crippen LogP contribution in [0, 0.1) is 11.7 Å². The number of carbonyl (C=O) groups excluding carboxylic acids is 1. The smallest absolute Gasteiger partial charge is 0.378 e. The molecule has 0 saturated carbocycles. The highest BCUT2D eigenvalue weighted by molar-refractivity contribution is 7.89. The van der Waals surface area contributed by atoms with Gasteiger partial charge in [0.05, 0.1) is 24.3 Å². The highest BCUT2D eigenvalue weighted by Crippen LogP contribution is 2.39. The largest absolute Gasteiger partial charge is 0.391 e. The lowest BCUT2D eigenvalue weighted by atomic mass is 9.75. The summed E-state index contributed by atoms with van der Waals surface area (Å²) in [7, 11) is -3.43. The number of rotatable bonds is 9. The fraction of sp³-hybridized carbons (Fsp3) is 0.581. The van der Waals surface area contributed by atoms with Gasteiger partial charge in [0.2, 0.25) is 15.9 Å². The van der Waals surface area contributed by atoms with Crippen molar-refractivity contribution in [3.05, 3.63) is 64.4 Å². The third-order valence-corrected chi connectivity index (χ3v) is 11.4. The Morgan fingerprint density at radius 3 is 2.67 bits per heavy atom. The van der Waals surface area contributed by atoms with Crippen molar-refractivity contribution in [1.29, 1.82) is 0 Å². The number of amides is 1. The van der Waals surface area contributed by atoms with Crippen LogP contribution >= 0.6 is 11.6 Å². The number of hydrogen-bond donors (Lipinski definition) is 3. The van der Waals surface area contributed by atoms with Crippen LogP contribution in [0.4, 0.5) is 23.2 Å². The molecule has 7 atom stereocenters. The van der Waals surface area contributed by atoms with Crippen LogP contribution in [-0.2, 0) is 26.0 Å². The van der Waals surface area contributed by atoms with Crippen LogP contribution < -0.4 is 16.4 Å². The zero-order valence-corrected chi connectivity index (χ0v) is 26.3. The summed E-state index contributed by atoms with van der Waals surface area (Å²) in [4.78, 5) is 13.7. The molecular weight excluding hydrogens is 636 g/mol. The molecule has 0 aromatic heterocycles. The Morgan fingerprint density at radius 1 is 1.18 bits per heavy atom. The van der Waals surface area contributed by atoms with Crippen LogP contribution in [0.5, 0.6) is 0 Å². The van der Waals surface area contributed by atoms with Crippen LogP contribution in [0.15, 0.2) is 42.5 Å². The van der Waals surface area contributed by atoms with Gasteiger partial charge in [-0.1, -0.05) is 29.8 Å². The van der Waals surface area contributed by atoms with Gasteiger partial charge in [-0.3, -0.25) is 4.79 Å². The van der Waals surface area contributed by atoms with Gasteiger partial charge in [0, 0.05) is 54.0 Å². The van der Waals surface area contributed by atoms with E-state index in [-0.39, 0.29) is 48.5 Å². The monoisotopic (exact) mass is 674 g/mol. The van der Waals surface area contributed by atoms with Gasteiger partial charge < -0.3 is 21.1 Å². The minimum atomic E-state index is -4.40. The molecule has 248 valence electrons. The second-order valence-electron chi connectivity index (χ2n) is 12.3. The average Bonchev–Trinajstić information content (AvgIpc) is 3.09. The molecule has 2 bridgehead atoms. The van der Waals surface area contributed by atoms with Crippen molar-refractivity contribution in [3.63, 3.8) is 0 Å². The topological polar surface area (TPSA) is 114 Å². The van der Waals surface area contributed by atoms with E-state index in [1.54, 1.807) is 30.3 Å². The number of alkyl halides is 3. The minimum absolute atomic E-state index is 0.0642. The first kappa shape index (κ1) is 34.1. The Kier molecular flexibility index (Phi) is 10.8. The molecule has 1 amide bonds. The molecule has 3 heterocycles. The minimum Gasteiger partial charge on any atom is -0.378 e. The van der Waals surface area contributed by atoms with E-state index in [0.717, 1.165) is 6.42 Å². The van der Waals surface area contributed by atoms with E-state index in [4.69, 9.17) is 22.1 Å². The molecule has 3 aliphatic rings. The van der Waals surface area contributed by atoms with E-state index >= 15 is 4.39 Å². The van der Waals surface area contributed by atoms with Crippen molar-refractivity contribution >= 4 is 33.2 Å². The van der Waals surface area contributed by atoms with Crippen LogP contribution in [-0.4, -0.2) is 74.5 Å². The number of ether oxygens (including phenoxy) is 1. The molecule has 7 unspecified atom stereocenters. The predicted molar refractivity (Wildman–Crippen MR) is 164 cm³/mol. The lowest BCUT2D eigenvalue weighted by Crippen LogP contribution is -2.57. The number of piperazine rings is 1. The summed E-state index contributed by atoms with van der Waals surface area (Å²) in [6.07, 6.45) is -4.21. The van der Waals surface area contributed by atoms with Gasteiger partial charge in [-0.05, 0) is 74.3 Å². The first-order valence-electron chi connectivity index (χ1n) is 15.3. The third kappa shape index (κ3) is 8.55. The first-order chi connectivity index (χ1) is 21.3. The number of benzene rings is 2. The summed E-state index contributed by atoms with van der Waals surface area (Å²) in [5.41, 5.74) is 7.68. The SMILES string of the molecule is NC(C(=O)Nc1cccc(F)c1CCC1CNC2CCCS(=O)(=O)N1C2)C(c1ccc(Cl)cc1)C1CCOC(CC(F)(F)F)C1. The van der Waals surface area contributed by atoms with Crippen molar-refractivity contribution in [2.24, 2.45) is 11.7 Å². The number of nitrogens with two attached hydrogens (primary N) is 1. The quantitative estimate of drug-likeness (QED) is 0.324. The van der Waals surface area contributed by atoms with E-state index in [1.807, 2.05) is 0 Å². The van der Waals surface area contributed by atoms with E-state index in [2.05, 4.69) is 10.6 Å². The molecule has 0 aliphatic carbocycles. The summed E-state index contributed by atoms with van der Waals surface area (Å²) in [5, 5.41) is 6.63. The molecule has 4 N–H and O–H groups in total. The molecule has 0 radical (unpaired) electrons. The normalized spacial score (nSPS) is 28.1. The number of nitrogens with one attached hydrogen (secondary N) is 2. The van der Waals surface area contributed by atoms with E-state index in [0.29, 0.717) is 42.9 Å². The Bertz CT molecular complexity index is 1450. The number of carbonyl (C=O) groups is 1. The van der Waals surface area contributed by atoms with Gasteiger partial charge in [0.1, 0.15) is 5.82 Å². The molecule has 3 saturated heterocycles. The van der Waals surface area contributed by atoms with Gasteiger partial charge in [-0.25, -0.2) is 12.8 Å². The van der Waals surface area contributed by atoms with Crippen molar-refractivity contribution in [1.82, 2.24) is 9.62 Å². The molecule has 2 aromatic carbocycles. The number of hydrogen-bond acceptors (Lipinski definition) is 6. The Hall–Kier alpha value is -2.29. The van der Waals surface area contributed by atoms with Gasteiger partial charge in [0.15, 0.2) is 0 Å². The van der Waals surface area contributed by atoms with Crippen LogP contribution in [0.3, 0.4) is 0 Å². The molecule has 3 fully saturated rings. The number of sulfonamides is 1. The Labute approximate surface area is 266 Å². The predicted octanol–water partition coefficient (Wildman–Crippen LogP) is 4.97. The van der Waals surface area contributed by atoms with E-state index in [9.17, 15) is 26.4 Å². The molecule has 0 spiro atoms. The molecule has 8 nitrogen and oxygen atoms in total. The molecule has 5 rings (SSSR count). The molecular formula is C31H39ClF4N4O4S. The highest BCUT2D eigenvalue weighted by Gasteiger charge is 2.41. The third-order valence-electron chi connectivity index (χ3n) is 9.19. The fourth-order valence-corrected chi connectivity index (χ4v) is 8.89. The van der Waals surface area contributed by atoms with Crippen LogP contribution in [0.2, 0.25) is 5.02 Å². The summed E-state index contributed by atoms with van der Waals surface area (Å²) in [6, 6.07) is 9.55. The van der Waals surface area contributed by atoms with Gasteiger partial charge in [-0.15, -0.1) is 0 Å². The fourth-order valence-electron chi connectivity index (χ4n) is 6.96. The summed E-state index contributed by atoms with van der Waals surface area (Å²) in [6.45, 7) is 0.931. The first-order valence-corrected chi connectivity index (χ1v) is 17.3. The standard InChI is InChI=1S/C31H39ClF4N4O4S/c32-21-8-6-19(7-9-21)28(20-12-13-44-24(15-20)16-31(34,35)36)29(37)30(41)39-27-5-1-4-26(33)25(27)11-10-23-17-38-22-3-2-14-45(42,43)40(23)18-22/h1,4-9,20,22-24,28-29,38H,2-3,10-18,37H2,(H,39,41). The maximum Gasteiger partial charge on any atom is 0.391 e. The maximum atomic E-state index is 15.2. The van der Waals surface area contributed by atoms with Crippen LogP contribution in [0.1, 0.15) is 55.6 Å². The summed E-state index contributed by atoms with van der Waals surface area (Å²) >= 11 is 6.09. The number of anilines is 1. The van der Waals surface area contributed by atoms with Gasteiger partial charge in [0.25, 0.3) is 0 Å². The Morgan fingerprint density at radius 2 is 1.93 bits per heavy atom. The molecule has 3 aliphatic heterocycles. The van der Waals surface area contributed by atoms with Gasteiger partial charge >= 0.3 is 6.18 Å². The molecule has 14 heteroatoms. The Balaban J connectivity index is 1.33. The second kappa shape index (κ2) is 14.2.